The van der Waals surface area contributed by atoms with Crippen LogP contribution in [0.15, 0.2) is 12.7 Å². The van der Waals surface area contributed by atoms with Gasteiger partial charge < -0.3 is 4.74 Å². The fourth-order valence-electron chi connectivity index (χ4n) is 0.493. The standard InChI is InChI=1S/C7H8F4O2/c1-2-5(12)13-3-4(6(8)9)7(10)11/h2,4,6-7H,1,3H2. The van der Waals surface area contributed by atoms with E-state index in [9.17, 15) is 22.4 Å². The van der Waals surface area contributed by atoms with Crippen molar-refractivity contribution in [3.05, 3.63) is 12.7 Å². The molecule has 76 valence electrons. The van der Waals surface area contributed by atoms with Gasteiger partial charge in [-0.2, -0.15) is 0 Å². The van der Waals surface area contributed by atoms with Crippen molar-refractivity contribution in [2.45, 2.75) is 12.9 Å². The van der Waals surface area contributed by atoms with Crippen LogP contribution in [-0.2, 0) is 9.53 Å². The average molecular weight is 200 g/mol. The van der Waals surface area contributed by atoms with Crippen molar-refractivity contribution in [2.24, 2.45) is 5.92 Å². The number of carbonyl (C=O) groups excluding carboxylic acids is 1. The Balaban J connectivity index is 3.97. The first kappa shape index (κ1) is 11.9. The Bertz CT molecular complexity index is 173. The maximum Gasteiger partial charge on any atom is 0.330 e. The average Bonchev–Trinajstić information content (AvgIpc) is 2.03. The van der Waals surface area contributed by atoms with Gasteiger partial charge in [0.2, 0.25) is 12.9 Å². The molecule has 0 saturated heterocycles. The van der Waals surface area contributed by atoms with Crippen LogP contribution in [0.3, 0.4) is 0 Å². The topological polar surface area (TPSA) is 26.3 Å². The zero-order valence-corrected chi connectivity index (χ0v) is 6.55. The van der Waals surface area contributed by atoms with Gasteiger partial charge in [-0.15, -0.1) is 0 Å². The first-order valence-electron chi connectivity index (χ1n) is 3.34. The molecule has 0 aliphatic rings. The highest BCUT2D eigenvalue weighted by Crippen LogP contribution is 2.18. The normalized spacial score (nSPS) is 11.0. The second-order valence-corrected chi connectivity index (χ2v) is 2.17. The third kappa shape index (κ3) is 4.49. The summed E-state index contributed by atoms with van der Waals surface area (Å²) in [6.07, 6.45) is -5.70. The lowest BCUT2D eigenvalue weighted by atomic mass is 10.2. The van der Waals surface area contributed by atoms with Crippen LogP contribution in [0.4, 0.5) is 17.6 Å². The number of esters is 1. The molecule has 0 saturated carbocycles. The van der Waals surface area contributed by atoms with Crippen molar-refractivity contribution >= 4 is 5.97 Å². The fraction of sp³-hybridized carbons (Fsp3) is 0.571. The quantitative estimate of drug-likeness (QED) is 0.384. The summed E-state index contributed by atoms with van der Waals surface area (Å²) in [5.41, 5.74) is 0. The van der Waals surface area contributed by atoms with Crippen LogP contribution >= 0.6 is 0 Å². The third-order valence-corrected chi connectivity index (χ3v) is 1.23. The summed E-state index contributed by atoms with van der Waals surface area (Å²) < 4.78 is 51.3. The molecule has 0 rings (SSSR count). The molecule has 0 atom stereocenters. The summed E-state index contributed by atoms with van der Waals surface area (Å²) in [6.45, 7) is 1.98. The molecule has 0 aromatic heterocycles. The van der Waals surface area contributed by atoms with Crippen molar-refractivity contribution in [3.63, 3.8) is 0 Å². The van der Waals surface area contributed by atoms with Crippen molar-refractivity contribution in [1.82, 2.24) is 0 Å². The van der Waals surface area contributed by atoms with Crippen LogP contribution in [0.2, 0.25) is 0 Å². The predicted octanol–water partition coefficient (Wildman–Crippen LogP) is 1.86. The lowest BCUT2D eigenvalue weighted by Crippen LogP contribution is -2.26. The molecule has 0 aromatic rings. The van der Waals surface area contributed by atoms with Gasteiger partial charge in [0.1, 0.15) is 12.5 Å². The molecule has 0 aliphatic carbocycles. The summed E-state index contributed by atoms with van der Waals surface area (Å²) in [5.74, 6) is -3.23. The van der Waals surface area contributed by atoms with Crippen LogP contribution in [-0.4, -0.2) is 25.4 Å². The van der Waals surface area contributed by atoms with Gasteiger partial charge in [-0.1, -0.05) is 6.58 Å². The van der Waals surface area contributed by atoms with Gasteiger partial charge in [0.25, 0.3) is 0 Å². The van der Waals surface area contributed by atoms with E-state index in [1.165, 1.54) is 0 Å². The Hall–Kier alpha value is -1.07. The largest absolute Gasteiger partial charge is 0.462 e. The highest BCUT2D eigenvalue weighted by atomic mass is 19.3. The number of hydrogen-bond acceptors (Lipinski definition) is 2. The van der Waals surface area contributed by atoms with Crippen LogP contribution in [0, 0.1) is 5.92 Å². The number of carbonyl (C=O) groups is 1. The summed E-state index contributed by atoms with van der Waals surface area (Å²) in [5, 5.41) is 0. The van der Waals surface area contributed by atoms with E-state index in [2.05, 4.69) is 11.3 Å². The first-order valence-corrected chi connectivity index (χ1v) is 3.34. The molecule has 6 heteroatoms. The van der Waals surface area contributed by atoms with E-state index in [4.69, 9.17) is 0 Å². The third-order valence-electron chi connectivity index (χ3n) is 1.23. The summed E-state index contributed by atoms with van der Waals surface area (Å²) in [4.78, 5) is 10.3. The van der Waals surface area contributed by atoms with E-state index in [0.29, 0.717) is 6.08 Å². The SMILES string of the molecule is C=CC(=O)OCC(C(F)F)C(F)F. The second-order valence-electron chi connectivity index (χ2n) is 2.17. The highest BCUT2D eigenvalue weighted by molar-refractivity contribution is 5.81. The predicted molar refractivity (Wildman–Crippen MR) is 36.7 cm³/mol. The van der Waals surface area contributed by atoms with Gasteiger partial charge in [0.05, 0.1) is 0 Å². The molecule has 0 unspecified atom stereocenters. The number of ether oxygens (including phenoxy) is 1. The minimum atomic E-state index is -3.21. The van der Waals surface area contributed by atoms with Gasteiger partial charge in [-0.05, 0) is 0 Å². The number of halogens is 4. The van der Waals surface area contributed by atoms with Crippen molar-refractivity contribution in [1.29, 1.82) is 0 Å². The number of alkyl halides is 4. The Morgan fingerprint density at radius 2 is 1.77 bits per heavy atom. The van der Waals surface area contributed by atoms with E-state index in [-0.39, 0.29) is 0 Å². The van der Waals surface area contributed by atoms with Crippen LogP contribution < -0.4 is 0 Å². The van der Waals surface area contributed by atoms with Crippen molar-refractivity contribution in [2.75, 3.05) is 6.61 Å². The number of hydrogen-bond donors (Lipinski definition) is 0. The molecule has 0 aliphatic heterocycles. The molecule has 0 amide bonds. The Morgan fingerprint density at radius 1 is 1.31 bits per heavy atom. The summed E-state index contributed by atoms with van der Waals surface area (Å²) in [7, 11) is 0. The molecule has 0 radical (unpaired) electrons. The number of rotatable bonds is 5. The Labute approximate surface area is 72.2 Å². The molecule has 2 nitrogen and oxygen atoms in total. The lowest BCUT2D eigenvalue weighted by Gasteiger charge is -2.13. The zero-order valence-electron chi connectivity index (χ0n) is 6.55. The molecule has 13 heavy (non-hydrogen) atoms. The fourth-order valence-corrected chi connectivity index (χ4v) is 0.493. The molecule has 0 aromatic carbocycles. The van der Waals surface area contributed by atoms with E-state index < -0.39 is 31.3 Å². The minimum Gasteiger partial charge on any atom is -0.462 e. The lowest BCUT2D eigenvalue weighted by molar-refractivity contribution is -0.144. The van der Waals surface area contributed by atoms with E-state index in [1.807, 2.05) is 0 Å². The molecule has 0 N–H and O–H groups in total. The highest BCUT2D eigenvalue weighted by Gasteiger charge is 2.31. The Kier molecular flexibility index (Phi) is 5.10. The molecular weight excluding hydrogens is 192 g/mol. The maximum absolute atomic E-state index is 11.8. The molecule has 0 fully saturated rings. The van der Waals surface area contributed by atoms with Gasteiger partial charge in [-0.25, -0.2) is 22.4 Å². The van der Waals surface area contributed by atoms with Crippen LogP contribution in [0.5, 0.6) is 0 Å². The monoisotopic (exact) mass is 200 g/mol. The zero-order chi connectivity index (χ0) is 10.4. The maximum atomic E-state index is 11.8. The van der Waals surface area contributed by atoms with Crippen molar-refractivity contribution in [3.8, 4) is 0 Å². The molecule has 0 heterocycles. The van der Waals surface area contributed by atoms with Crippen molar-refractivity contribution < 1.29 is 27.1 Å². The molecular formula is C7H8F4O2. The van der Waals surface area contributed by atoms with Gasteiger partial charge in [-0.3, -0.25) is 0 Å². The molecule has 0 spiro atoms. The van der Waals surface area contributed by atoms with E-state index >= 15 is 0 Å². The summed E-state index contributed by atoms with van der Waals surface area (Å²) in [6, 6.07) is 0. The Morgan fingerprint density at radius 3 is 2.08 bits per heavy atom. The van der Waals surface area contributed by atoms with E-state index in [1.54, 1.807) is 0 Å². The summed E-state index contributed by atoms with van der Waals surface area (Å²) >= 11 is 0. The minimum absolute atomic E-state index is 0.716. The van der Waals surface area contributed by atoms with Gasteiger partial charge in [0.15, 0.2) is 0 Å². The second kappa shape index (κ2) is 5.55. The molecule has 0 bridgehead atoms. The van der Waals surface area contributed by atoms with E-state index in [0.717, 1.165) is 0 Å². The van der Waals surface area contributed by atoms with Crippen LogP contribution in [0.25, 0.3) is 0 Å². The van der Waals surface area contributed by atoms with Crippen LogP contribution in [0.1, 0.15) is 0 Å². The first-order chi connectivity index (χ1) is 5.99. The van der Waals surface area contributed by atoms with Gasteiger partial charge in [0, 0.05) is 6.08 Å². The smallest absolute Gasteiger partial charge is 0.330 e. The van der Waals surface area contributed by atoms with Gasteiger partial charge >= 0.3 is 5.97 Å².